The molecule has 0 aromatic rings. The van der Waals surface area contributed by atoms with Crippen LogP contribution in [0.5, 0.6) is 0 Å². The van der Waals surface area contributed by atoms with Crippen molar-refractivity contribution in [3.63, 3.8) is 0 Å². The normalized spacial score (nSPS) is 22.8. The molecule has 2 N–H and O–H groups in total. The first-order valence-electron chi connectivity index (χ1n) is 3.01. The van der Waals surface area contributed by atoms with Crippen molar-refractivity contribution in [2.75, 3.05) is 0 Å². The maximum absolute atomic E-state index is 5.75. The lowest BCUT2D eigenvalue weighted by Gasteiger charge is -1.98. The van der Waals surface area contributed by atoms with Crippen LogP contribution in [-0.2, 0) is 0 Å². The Morgan fingerprint density at radius 1 is 1.25 bits per heavy atom. The highest BCUT2D eigenvalue weighted by Gasteiger charge is 2.23. The average molecular weight is 107 g/mol. The molecule has 0 spiro atoms. The topological polar surface area (TPSA) is 26.0 Å². The van der Waals surface area contributed by atoms with Gasteiger partial charge in [0, 0.05) is 6.04 Å². The molecule has 0 heterocycles. The van der Waals surface area contributed by atoms with Gasteiger partial charge in [0.25, 0.3) is 0 Å². The highest BCUT2D eigenvalue weighted by Crippen LogP contribution is 2.32. The fourth-order valence-corrected chi connectivity index (χ4v) is 0.864. The summed E-state index contributed by atoms with van der Waals surface area (Å²) in [7, 11) is 0. The molecule has 2 aliphatic rings. The van der Waals surface area contributed by atoms with E-state index in [4.69, 9.17) is 5.73 Å². The van der Waals surface area contributed by atoms with Crippen LogP contribution in [0.2, 0.25) is 0 Å². The van der Waals surface area contributed by atoms with Gasteiger partial charge in [-0.1, -0.05) is 12.2 Å². The van der Waals surface area contributed by atoms with Crippen molar-refractivity contribution in [3.05, 3.63) is 23.3 Å². The second-order valence-corrected chi connectivity index (χ2v) is 2.44. The maximum atomic E-state index is 5.75. The summed E-state index contributed by atoms with van der Waals surface area (Å²) in [5.74, 6) is 0. The fourth-order valence-electron chi connectivity index (χ4n) is 0.864. The zero-order valence-electron chi connectivity index (χ0n) is 4.72. The van der Waals surface area contributed by atoms with Gasteiger partial charge in [0.05, 0.1) is 0 Å². The fraction of sp³-hybridized carbons (Fsp3) is 0.429. The number of allylic oxidation sites excluding steroid dienone is 2. The van der Waals surface area contributed by atoms with Gasteiger partial charge in [-0.25, -0.2) is 0 Å². The zero-order valence-corrected chi connectivity index (χ0v) is 4.72. The molecule has 1 heteroatoms. The first-order valence-corrected chi connectivity index (χ1v) is 3.01. The van der Waals surface area contributed by atoms with Crippen LogP contribution in [0.1, 0.15) is 12.8 Å². The molecule has 0 bridgehead atoms. The van der Waals surface area contributed by atoms with E-state index in [0.717, 1.165) is 0 Å². The number of hydrogen-bond acceptors (Lipinski definition) is 1. The highest BCUT2D eigenvalue weighted by atomic mass is 14.7. The minimum Gasteiger partial charge on any atom is -0.321 e. The molecule has 8 heavy (non-hydrogen) atoms. The Kier molecular flexibility index (Phi) is 0.667. The van der Waals surface area contributed by atoms with Crippen LogP contribution in [0.15, 0.2) is 23.3 Å². The summed E-state index contributed by atoms with van der Waals surface area (Å²) in [5, 5.41) is 0. The van der Waals surface area contributed by atoms with Crippen molar-refractivity contribution in [1.29, 1.82) is 0 Å². The maximum Gasteiger partial charge on any atom is 0.0476 e. The predicted molar refractivity (Wildman–Crippen MR) is 33.4 cm³/mol. The molecular weight excluding hydrogens is 98.1 g/mol. The average Bonchev–Trinajstić information content (AvgIpc) is 2.63. The molecule has 0 aromatic heterocycles. The van der Waals surface area contributed by atoms with Crippen LogP contribution in [0.4, 0.5) is 0 Å². The minimum absolute atomic E-state index is 0.315. The first kappa shape index (κ1) is 4.33. The Labute approximate surface area is 48.9 Å². The van der Waals surface area contributed by atoms with Gasteiger partial charge in [0.2, 0.25) is 0 Å². The van der Waals surface area contributed by atoms with E-state index >= 15 is 0 Å². The molecular formula is C7H9N. The van der Waals surface area contributed by atoms with E-state index in [0.29, 0.717) is 6.04 Å². The molecule has 0 saturated carbocycles. The lowest BCUT2D eigenvalue weighted by atomic mass is 10.2. The summed E-state index contributed by atoms with van der Waals surface area (Å²) >= 11 is 0. The van der Waals surface area contributed by atoms with Crippen molar-refractivity contribution in [2.24, 2.45) is 5.73 Å². The Hall–Kier alpha value is -0.560. The molecule has 42 valence electrons. The highest BCUT2D eigenvalue weighted by molar-refractivity contribution is 5.42. The molecule has 0 unspecified atom stereocenters. The van der Waals surface area contributed by atoms with Gasteiger partial charge in [0.15, 0.2) is 0 Å². The van der Waals surface area contributed by atoms with E-state index in [1.54, 1.807) is 0 Å². The van der Waals surface area contributed by atoms with E-state index in [9.17, 15) is 0 Å². The summed E-state index contributed by atoms with van der Waals surface area (Å²) in [4.78, 5) is 0. The third-order valence-corrected chi connectivity index (χ3v) is 1.68. The smallest absolute Gasteiger partial charge is 0.0476 e. The monoisotopic (exact) mass is 107 g/mol. The minimum atomic E-state index is 0.315. The molecule has 1 nitrogen and oxygen atoms in total. The van der Waals surface area contributed by atoms with Crippen molar-refractivity contribution < 1.29 is 0 Å². The lowest BCUT2D eigenvalue weighted by Crippen LogP contribution is -2.16. The molecule has 0 atom stereocenters. The summed E-state index contributed by atoms with van der Waals surface area (Å²) in [6.45, 7) is 0. The second kappa shape index (κ2) is 1.23. The molecule has 0 radical (unpaired) electrons. The van der Waals surface area contributed by atoms with Crippen LogP contribution < -0.4 is 5.73 Å². The number of rotatable bonds is 2. The quantitative estimate of drug-likeness (QED) is 0.523. The first-order chi connectivity index (χ1) is 3.88. The molecule has 0 aliphatic heterocycles. The summed E-state index contributed by atoms with van der Waals surface area (Å²) in [6, 6.07) is 0.315. The van der Waals surface area contributed by atoms with E-state index < -0.39 is 0 Å². The van der Waals surface area contributed by atoms with Crippen LogP contribution in [0.25, 0.3) is 0 Å². The van der Waals surface area contributed by atoms with Crippen LogP contribution >= 0.6 is 0 Å². The molecule has 2 rings (SSSR count). The third kappa shape index (κ3) is 0.594. The van der Waals surface area contributed by atoms with Crippen LogP contribution in [0.3, 0.4) is 0 Å². The molecule has 0 aromatic carbocycles. The van der Waals surface area contributed by atoms with E-state index in [1.807, 2.05) is 0 Å². The van der Waals surface area contributed by atoms with Crippen molar-refractivity contribution in [1.82, 2.24) is 0 Å². The Bertz CT molecular complexity index is 157. The van der Waals surface area contributed by atoms with Crippen LogP contribution in [0, 0.1) is 0 Å². The Morgan fingerprint density at radius 2 is 1.62 bits per heavy atom. The predicted octanol–water partition coefficient (Wildman–Crippen LogP) is 0.974. The molecule has 0 amide bonds. The number of nitrogens with two attached hydrogens (primary N) is 1. The van der Waals surface area contributed by atoms with Gasteiger partial charge in [-0.2, -0.15) is 0 Å². The van der Waals surface area contributed by atoms with Gasteiger partial charge in [-0.3, -0.25) is 0 Å². The standard InChI is InChI=1S/C7H9N/c8-7(5-1-2-5)6-3-4-6/h1,3,7H,2,4,8H2. The van der Waals surface area contributed by atoms with Crippen LogP contribution in [-0.4, -0.2) is 6.04 Å². The zero-order chi connectivity index (χ0) is 5.56. The van der Waals surface area contributed by atoms with Crippen molar-refractivity contribution >= 4 is 0 Å². The summed E-state index contributed by atoms with van der Waals surface area (Å²) in [5.41, 5.74) is 8.62. The van der Waals surface area contributed by atoms with Gasteiger partial charge < -0.3 is 5.73 Å². The van der Waals surface area contributed by atoms with Gasteiger partial charge in [-0.05, 0) is 24.0 Å². The Balaban J connectivity index is 2.03. The van der Waals surface area contributed by atoms with E-state index in [2.05, 4.69) is 12.2 Å². The molecule has 0 fully saturated rings. The Morgan fingerprint density at radius 3 is 1.88 bits per heavy atom. The van der Waals surface area contributed by atoms with Crippen molar-refractivity contribution in [3.8, 4) is 0 Å². The van der Waals surface area contributed by atoms with Gasteiger partial charge in [-0.15, -0.1) is 0 Å². The number of hydrogen-bond donors (Lipinski definition) is 1. The van der Waals surface area contributed by atoms with E-state index in [1.165, 1.54) is 24.0 Å². The summed E-state index contributed by atoms with van der Waals surface area (Å²) < 4.78 is 0. The molecule has 2 aliphatic carbocycles. The summed E-state index contributed by atoms with van der Waals surface area (Å²) in [6.07, 6.45) is 6.73. The SMILES string of the molecule is NC(C1=CC1)C1=CC1. The second-order valence-electron chi connectivity index (χ2n) is 2.44. The van der Waals surface area contributed by atoms with Gasteiger partial charge >= 0.3 is 0 Å². The van der Waals surface area contributed by atoms with E-state index in [-0.39, 0.29) is 0 Å². The lowest BCUT2D eigenvalue weighted by molar-refractivity contribution is 0.940. The van der Waals surface area contributed by atoms with Gasteiger partial charge in [0.1, 0.15) is 0 Å². The van der Waals surface area contributed by atoms with Crippen molar-refractivity contribution in [2.45, 2.75) is 18.9 Å². The third-order valence-electron chi connectivity index (χ3n) is 1.68. The molecule has 0 saturated heterocycles. The largest absolute Gasteiger partial charge is 0.321 e.